The first-order valence-corrected chi connectivity index (χ1v) is 6.86. The van der Waals surface area contributed by atoms with E-state index >= 15 is 0 Å². The fourth-order valence-corrected chi connectivity index (χ4v) is 2.92. The number of fused-ring (bicyclic) bond motifs is 3. The Balaban J connectivity index is 1.87. The van der Waals surface area contributed by atoms with Gasteiger partial charge in [0, 0.05) is 19.1 Å². The van der Waals surface area contributed by atoms with Gasteiger partial charge >= 0.3 is 0 Å². The summed E-state index contributed by atoms with van der Waals surface area (Å²) in [7, 11) is 0. The molecule has 5 nitrogen and oxygen atoms in total. The number of rotatable bonds is 1. The number of hydrogen-bond donors (Lipinski definition) is 0. The van der Waals surface area contributed by atoms with Crippen LogP contribution in [-0.4, -0.2) is 37.9 Å². The van der Waals surface area contributed by atoms with Crippen molar-refractivity contribution in [3.63, 3.8) is 0 Å². The molecule has 4 rings (SSSR count). The van der Waals surface area contributed by atoms with Gasteiger partial charge < -0.3 is 9.47 Å². The Kier molecular flexibility index (Phi) is 2.06. The van der Waals surface area contributed by atoms with E-state index in [0.29, 0.717) is 10.8 Å². The molecular formula is C12H11BrN4O. The highest BCUT2D eigenvalue weighted by Gasteiger charge is 2.36. The van der Waals surface area contributed by atoms with Crippen molar-refractivity contribution < 1.29 is 4.79 Å². The molecule has 1 aliphatic carbocycles. The molecule has 0 atom stereocenters. The second-order valence-electron chi connectivity index (χ2n) is 4.82. The van der Waals surface area contributed by atoms with Crippen LogP contribution in [0.25, 0.3) is 11.0 Å². The topological polar surface area (TPSA) is 51.0 Å². The quantitative estimate of drug-likeness (QED) is 0.755. The van der Waals surface area contributed by atoms with Crippen molar-refractivity contribution >= 4 is 32.9 Å². The first kappa shape index (κ1) is 10.5. The molecule has 2 aliphatic rings. The predicted molar refractivity (Wildman–Crippen MR) is 69.3 cm³/mol. The van der Waals surface area contributed by atoms with Gasteiger partial charge in [-0.1, -0.05) is 0 Å². The summed E-state index contributed by atoms with van der Waals surface area (Å²) in [6.45, 7) is 1.64. The van der Waals surface area contributed by atoms with Crippen LogP contribution in [0.3, 0.4) is 0 Å². The number of hydrogen-bond acceptors (Lipinski definition) is 3. The minimum atomic E-state index is 0.137. The van der Waals surface area contributed by atoms with Gasteiger partial charge in [0.15, 0.2) is 4.73 Å². The minimum Gasteiger partial charge on any atom is -0.333 e. The van der Waals surface area contributed by atoms with Crippen molar-refractivity contribution in [3.8, 4) is 0 Å². The molecule has 92 valence electrons. The van der Waals surface area contributed by atoms with Gasteiger partial charge in [0.1, 0.15) is 5.69 Å². The zero-order valence-corrected chi connectivity index (χ0v) is 11.2. The van der Waals surface area contributed by atoms with E-state index in [2.05, 4.69) is 25.9 Å². The van der Waals surface area contributed by atoms with Crippen LogP contribution >= 0.6 is 15.9 Å². The second kappa shape index (κ2) is 3.54. The molecule has 6 heteroatoms. The molecular weight excluding hydrogens is 296 g/mol. The highest BCUT2D eigenvalue weighted by molar-refractivity contribution is 9.10. The fourth-order valence-electron chi connectivity index (χ4n) is 2.63. The molecule has 0 radical (unpaired) electrons. The third kappa shape index (κ3) is 1.41. The minimum absolute atomic E-state index is 0.137. The lowest BCUT2D eigenvalue weighted by atomic mass is 10.3. The first-order chi connectivity index (χ1) is 8.74. The van der Waals surface area contributed by atoms with E-state index in [1.54, 1.807) is 6.20 Å². The van der Waals surface area contributed by atoms with Crippen LogP contribution in [0.5, 0.6) is 0 Å². The van der Waals surface area contributed by atoms with Crippen LogP contribution in [-0.2, 0) is 6.54 Å². The highest BCUT2D eigenvalue weighted by atomic mass is 79.9. The van der Waals surface area contributed by atoms with Gasteiger partial charge in [-0.15, -0.1) is 0 Å². The Morgan fingerprint density at radius 1 is 1.33 bits per heavy atom. The summed E-state index contributed by atoms with van der Waals surface area (Å²) in [4.78, 5) is 22.8. The lowest BCUT2D eigenvalue weighted by Gasteiger charge is -2.28. The van der Waals surface area contributed by atoms with E-state index in [1.165, 1.54) is 0 Å². The number of carbonyl (C=O) groups is 1. The SMILES string of the molecule is O=C1c2cc3nc(Br)ncc3n2CCN1C1CC1. The van der Waals surface area contributed by atoms with E-state index in [-0.39, 0.29) is 5.91 Å². The van der Waals surface area contributed by atoms with Crippen LogP contribution in [0.1, 0.15) is 23.3 Å². The molecule has 3 heterocycles. The molecule has 1 amide bonds. The highest BCUT2D eigenvalue weighted by Crippen LogP contribution is 2.31. The van der Waals surface area contributed by atoms with Gasteiger partial charge in [0.25, 0.3) is 5.91 Å². The number of aromatic nitrogens is 3. The van der Waals surface area contributed by atoms with Crippen LogP contribution in [0.15, 0.2) is 17.0 Å². The first-order valence-electron chi connectivity index (χ1n) is 6.07. The summed E-state index contributed by atoms with van der Waals surface area (Å²) in [5, 5.41) is 0. The van der Waals surface area contributed by atoms with Gasteiger partial charge in [-0.05, 0) is 34.8 Å². The van der Waals surface area contributed by atoms with Gasteiger partial charge in [-0.3, -0.25) is 4.79 Å². The summed E-state index contributed by atoms with van der Waals surface area (Å²) in [6.07, 6.45) is 4.07. The second-order valence-corrected chi connectivity index (χ2v) is 5.53. The lowest BCUT2D eigenvalue weighted by molar-refractivity contribution is 0.0693. The Labute approximate surface area is 112 Å². The molecule has 2 aromatic rings. The van der Waals surface area contributed by atoms with E-state index < -0.39 is 0 Å². The normalized spacial score (nSPS) is 19.4. The Hall–Kier alpha value is -1.43. The van der Waals surface area contributed by atoms with Gasteiger partial charge in [-0.25, -0.2) is 9.97 Å². The molecule has 0 saturated heterocycles. The summed E-state index contributed by atoms with van der Waals surface area (Å²) in [6, 6.07) is 2.35. The zero-order valence-electron chi connectivity index (χ0n) is 9.64. The third-order valence-electron chi connectivity index (χ3n) is 3.66. The number of nitrogens with zero attached hydrogens (tertiary/aromatic N) is 4. The molecule has 0 unspecified atom stereocenters. The van der Waals surface area contributed by atoms with E-state index in [4.69, 9.17) is 0 Å². The van der Waals surface area contributed by atoms with E-state index in [1.807, 2.05) is 15.5 Å². The molecule has 0 N–H and O–H groups in total. The van der Waals surface area contributed by atoms with Gasteiger partial charge in [0.2, 0.25) is 0 Å². The summed E-state index contributed by atoms with van der Waals surface area (Å²) in [5.74, 6) is 0.137. The van der Waals surface area contributed by atoms with E-state index in [9.17, 15) is 4.79 Å². The maximum atomic E-state index is 12.4. The average molecular weight is 307 g/mol. The molecule has 0 bridgehead atoms. The van der Waals surface area contributed by atoms with Gasteiger partial charge in [0.05, 0.1) is 17.2 Å². The smallest absolute Gasteiger partial charge is 0.270 e. The molecule has 0 aromatic carbocycles. The van der Waals surface area contributed by atoms with Gasteiger partial charge in [-0.2, -0.15) is 0 Å². The molecule has 18 heavy (non-hydrogen) atoms. The number of amides is 1. The Bertz CT molecular complexity index is 661. The summed E-state index contributed by atoms with van der Waals surface area (Å²) < 4.78 is 2.59. The van der Waals surface area contributed by atoms with Crippen molar-refractivity contribution in [2.24, 2.45) is 0 Å². The maximum Gasteiger partial charge on any atom is 0.270 e. The molecule has 1 fully saturated rings. The van der Waals surface area contributed by atoms with Crippen LogP contribution in [0, 0.1) is 0 Å². The van der Waals surface area contributed by atoms with Crippen molar-refractivity contribution in [2.75, 3.05) is 6.54 Å². The molecule has 1 saturated carbocycles. The van der Waals surface area contributed by atoms with Crippen molar-refractivity contribution in [3.05, 3.63) is 22.7 Å². The molecule has 1 aliphatic heterocycles. The van der Waals surface area contributed by atoms with Crippen molar-refractivity contribution in [1.29, 1.82) is 0 Å². The zero-order chi connectivity index (χ0) is 12.3. The van der Waals surface area contributed by atoms with Crippen molar-refractivity contribution in [1.82, 2.24) is 19.4 Å². The van der Waals surface area contributed by atoms with Crippen LogP contribution < -0.4 is 0 Å². The monoisotopic (exact) mass is 306 g/mol. The standard InChI is InChI=1S/C12H11BrN4O/c13-12-14-6-10-8(15-12)5-9-11(18)16(7-1-2-7)3-4-17(9)10/h5-7H,1-4H2. The largest absolute Gasteiger partial charge is 0.333 e. The number of halogens is 1. The maximum absolute atomic E-state index is 12.4. The fraction of sp³-hybridized carbons (Fsp3) is 0.417. The van der Waals surface area contributed by atoms with Crippen molar-refractivity contribution in [2.45, 2.75) is 25.4 Å². The molecule has 0 spiro atoms. The number of carbonyl (C=O) groups excluding carboxylic acids is 1. The Morgan fingerprint density at radius 3 is 2.94 bits per heavy atom. The Morgan fingerprint density at radius 2 is 2.17 bits per heavy atom. The third-order valence-corrected chi connectivity index (χ3v) is 4.04. The summed E-state index contributed by atoms with van der Waals surface area (Å²) in [5.41, 5.74) is 2.52. The predicted octanol–water partition coefficient (Wildman–Crippen LogP) is 1.81. The summed E-state index contributed by atoms with van der Waals surface area (Å²) >= 11 is 3.26. The average Bonchev–Trinajstić information content (AvgIpc) is 3.11. The lowest BCUT2D eigenvalue weighted by Crippen LogP contribution is -2.41. The van der Waals surface area contributed by atoms with E-state index in [0.717, 1.165) is 42.7 Å². The molecule has 2 aromatic heterocycles. The van der Waals surface area contributed by atoms with Crippen LogP contribution in [0.4, 0.5) is 0 Å². The van der Waals surface area contributed by atoms with Crippen LogP contribution in [0.2, 0.25) is 0 Å².